The summed E-state index contributed by atoms with van der Waals surface area (Å²) in [4.78, 5) is 0. The third kappa shape index (κ3) is 1.65. The second kappa shape index (κ2) is 3.49. The first-order valence-electron chi connectivity index (χ1n) is 4.66. The molecule has 0 heterocycles. The Morgan fingerprint density at radius 2 is 2.08 bits per heavy atom. The molecule has 0 radical (unpaired) electrons. The molecule has 1 aliphatic rings. The predicted molar refractivity (Wildman–Crippen MR) is 52.4 cm³/mol. The van der Waals surface area contributed by atoms with Crippen molar-refractivity contribution in [3.8, 4) is 6.07 Å². The van der Waals surface area contributed by atoms with Crippen LogP contribution >= 0.6 is 0 Å². The maximum absolute atomic E-state index is 8.83. The quantitative estimate of drug-likeness (QED) is 0.744. The largest absolute Gasteiger partial charge is 0.381 e. The predicted octanol–water partition coefficient (Wildman–Crippen LogP) is 2.52. The van der Waals surface area contributed by atoms with Gasteiger partial charge in [-0.1, -0.05) is 12.1 Å². The Hall–Kier alpha value is -1.49. The van der Waals surface area contributed by atoms with Crippen molar-refractivity contribution < 1.29 is 0 Å². The van der Waals surface area contributed by atoms with Crippen LogP contribution in [0.4, 0.5) is 5.69 Å². The first-order chi connectivity index (χ1) is 6.40. The lowest BCUT2D eigenvalue weighted by molar-refractivity contribution is 0.445. The van der Waals surface area contributed by atoms with E-state index in [9.17, 15) is 0 Å². The fourth-order valence-corrected chi connectivity index (χ4v) is 1.48. The van der Waals surface area contributed by atoms with Crippen LogP contribution < -0.4 is 5.32 Å². The highest BCUT2D eigenvalue weighted by Crippen LogP contribution is 2.24. The summed E-state index contributed by atoms with van der Waals surface area (Å²) in [5.74, 6) is 0. The number of nitrogens with zero attached hydrogens (tertiary/aromatic N) is 1. The zero-order valence-corrected chi connectivity index (χ0v) is 7.46. The Bertz CT molecular complexity index is 334. The van der Waals surface area contributed by atoms with Gasteiger partial charge in [0, 0.05) is 6.04 Å². The van der Waals surface area contributed by atoms with Crippen LogP contribution in [0.1, 0.15) is 24.8 Å². The minimum Gasteiger partial charge on any atom is -0.381 e. The third-order valence-corrected chi connectivity index (χ3v) is 2.51. The number of para-hydroxylation sites is 1. The average Bonchev–Trinajstić information content (AvgIpc) is 2.12. The van der Waals surface area contributed by atoms with E-state index in [1.807, 2.05) is 24.3 Å². The Morgan fingerprint density at radius 1 is 1.31 bits per heavy atom. The molecule has 1 saturated carbocycles. The maximum Gasteiger partial charge on any atom is 0.101 e. The lowest BCUT2D eigenvalue weighted by Gasteiger charge is -2.27. The van der Waals surface area contributed by atoms with Gasteiger partial charge in [0.15, 0.2) is 0 Å². The molecule has 1 fully saturated rings. The monoisotopic (exact) mass is 172 g/mol. The van der Waals surface area contributed by atoms with Crippen LogP contribution in [0.3, 0.4) is 0 Å². The molecule has 0 amide bonds. The van der Waals surface area contributed by atoms with Gasteiger partial charge < -0.3 is 5.32 Å². The van der Waals surface area contributed by atoms with Crippen molar-refractivity contribution in [2.75, 3.05) is 5.32 Å². The molecular formula is C11H12N2. The number of hydrogen-bond donors (Lipinski definition) is 1. The summed E-state index contributed by atoms with van der Waals surface area (Å²) in [6.45, 7) is 0. The molecule has 0 aromatic heterocycles. The SMILES string of the molecule is N#Cc1ccccc1NC1CCC1. The number of anilines is 1. The summed E-state index contributed by atoms with van der Waals surface area (Å²) in [7, 11) is 0. The first kappa shape index (κ1) is 8.12. The molecule has 0 saturated heterocycles. The van der Waals surface area contributed by atoms with E-state index in [1.165, 1.54) is 19.3 Å². The summed E-state index contributed by atoms with van der Waals surface area (Å²) in [5, 5.41) is 12.2. The van der Waals surface area contributed by atoms with Crippen molar-refractivity contribution in [2.24, 2.45) is 0 Å². The molecular weight excluding hydrogens is 160 g/mol. The molecule has 66 valence electrons. The molecule has 2 rings (SSSR count). The highest BCUT2D eigenvalue weighted by atomic mass is 14.9. The molecule has 1 N–H and O–H groups in total. The van der Waals surface area contributed by atoms with Crippen LogP contribution in [0, 0.1) is 11.3 Å². The van der Waals surface area contributed by atoms with E-state index >= 15 is 0 Å². The van der Waals surface area contributed by atoms with E-state index in [4.69, 9.17) is 5.26 Å². The highest BCUT2D eigenvalue weighted by Gasteiger charge is 2.17. The van der Waals surface area contributed by atoms with E-state index in [0.717, 1.165) is 11.3 Å². The van der Waals surface area contributed by atoms with Crippen molar-refractivity contribution in [2.45, 2.75) is 25.3 Å². The highest BCUT2D eigenvalue weighted by molar-refractivity contribution is 5.57. The van der Waals surface area contributed by atoms with Gasteiger partial charge in [0.25, 0.3) is 0 Å². The van der Waals surface area contributed by atoms with Gasteiger partial charge in [0.05, 0.1) is 11.3 Å². The molecule has 1 aliphatic carbocycles. The topological polar surface area (TPSA) is 35.8 Å². The second-order valence-electron chi connectivity index (χ2n) is 3.43. The number of hydrogen-bond acceptors (Lipinski definition) is 2. The third-order valence-electron chi connectivity index (χ3n) is 2.51. The normalized spacial score (nSPS) is 15.9. The fourth-order valence-electron chi connectivity index (χ4n) is 1.48. The summed E-state index contributed by atoms with van der Waals surface area (Å²) in [6.07, 6.45) is 3.78. The van der Waals surface area contributed by atoms with Crippen LogP contribution in [0.25, 0.3) is 0 Å². The zero-order chi connectivity index (χ0) is 9.10. The van der Waals surface area contributed by atoms with Crippen LogP contribution in [0.15, 0.2) is 24.3 Å². The standard InChI is InChI=1S/C11H12N2/c12-8-9-4-1-2-7-11(9)13-10-5-3-6-10/h1-2,4,7,10,13H,3,5-6H2. The van der Waals surface area contributed by atoms with Gasteiger partial charge in [-0.05, 0) is 31.4 Å². The Morgan fingerprint density at radius 3 is 2.69 bits per heavy atom. The van der Waals surface area contributed by atoms with E-state index in [1.54, 1.807) is 0 Å². The van der Waals surface area contributed by atoms with Crippen molar-refractivity contribution in [3.63, 3.8) is 0 Å². The second-order valence-corrected chi connectivity index (χ2v) is 3.43. The number of nitrogens with one attached hydrogen (secondary N) is 1. The first-order valence-corrected chi connectivity index (χ1v) is 4.66. The summed E-state index contributed by atoms with van der Waals surface area (Å²) >= 11 is 0. The fraction of sp³-hybridized carbons (Fsp3) is 0.364. The summed E-state index contributed by atoms with van der Waals surface area (Å²) in [6, 6.07) is 10.4. The lowest BCUT2D eigenvalue weighted by Crippen LogP contribution is -2.27. The van der Waals surface area contributed by atoms with Crippen LogP contribution in [-0.2, 0) is 0 Å². The molecule has 0 spiro atoms. The number of nitriles is 1. The van der Waals surface area contributed by atoms with Gasteiger partial charge in [-0.2, -0.15) is 5.26 Å². The van der Waals surface area contributed by atoms with E-state index < -0.39 is 0 Å². The van der Waals surface area contributed by atoms with Gasteiger partial charge in [-0.15, -0.1) is 0 Å². The zero-order valence-electron chi connectivity index (χ0n) is 7.46. The Kier molecular flexibility index (Phi) is 2.18. The van der Waals surface area contributed by atoms with Gasteiger partial charge in [0.2, 0.25) is 0 Å². The molecule has 0 unspecified atom stereocenters. The molecule has 0 bridgehead atoms. The Labute approximate surface area is 78.2 Å². The summed E-state index contributed by atoms with van der Waals surface area (Å²) < 4.78 is 0. The molecule has 2 heteroatoms. The van der Waals surface area contributed by atoms with Crippen LogP contribution in [-0.4, -0.2) is 6.04 Å². The lowest BCUT2D eigenvalue weighted by atomic mass is 9.92. The minimum atomic E-state index is 0.592. The smallest absolute Gasteiger partial charge is 0.101 e. The van der Waals surface area contributed by atoms with E-state index in [0.29, 0.717) is 6.04 Å². The Balaban J connectivity index is 2.14. The molecule has 1 aromatic carbocycles. The summed E-state index contributed by atoms with van der Waals surface area (Å²) in [5.41, 5.74) is 1.73. The average molecular weight is 172 g/mol. The van der Waals surface area contributed by atoms with Gasteiger partial charge in [-0.3, -0.25) is 0 Å². The van der Waals surface area contributed by atoms with Gasteiger partial charge in [0.1, 0.15) is 6.07 Å². The van der Waals surface area contributed by atoms with Gasteiger partial charge >= 0.3 is 0 Å². The minimum absolute atomic E-state index is 0.592. The molecule has 0 aliphatic heterocycles. The van der Waals surface area contributed by atoms with Crippen LogP contribution in [0.5, 0.6) is 0 Å². The molecule has 13 heavy (non-hydrogen) atoms. The van der Waals surface area contributed by atoms with Gasteiger partial charge in [-0.25, -0.2) is 0 Å². The van der Waals surface area contributed by atoms with Crippen molar-refractivity contribution in [1.29, 1.82) is 5.26 Å². The van der Waals surface area contributed by atoms with Crippen LogP contribution in [0.2, 0.25) is 0 Å². The van der Waals surface area contributed by atoms with Crippen molar-refractivity contribution in [3.05, 3.63) is 29.8 Å². The van der Waals surface area contributed by atoms with E-state index in [2.05, 4.69) is 11.4 Å². The van der Waals surface area contributed by atoms with E-state index in [-0.39, 0.29) is 0 Å². The number of benzene rings is 1. The van der Waals surface area contributed by atoms with Crippen molar-refractivity contribution >= 4 is 5.69 Å². The van der Waals surface area contributed by atoms with Crippen molar-refractivity contribution in [1.82, 2.24) is 0 Å². The number of rotatable bonds is 2. The maximum atomic E-state index is 8.83. The molecule has 0 atom stereocenters. The molecule has 1 aromatic rings. The molecule has 2 nitrogen and oxygen atoms in total.